The third-order valence-corrected chi connectivity index (χ3v) is 6.93. The van der Waals surface area contributed by atoms with Crippen LogP contribution < -0.4 is 0 Å². The maximum absolute atomic E-state index is 4.69. The van der Waals surface area contributed by atoms with E-state index in [0.717, 1.165) is 28.3 Å². The van der Waals surface area contributed by atoms with Gasteiger partial charge >= 0.3 is 0 Å². The molecule has 0 aliphatic heterocycles. The molecule has 0 N–H and O–H groups in total. The number of benzene rings is 4. The van der Waals surface area contributed by atoms with Crippen molar-refractivity contribution in [3.05, 3.63) is 109 Å². The average Bonchev–Trinajstić information content (AvgIpc) is 3.22. The molecule has 3 heteroatoms. The van der Waals surface area contributed by atoms with Gasteiger partial charge in [-0.1, -0.05) is 84.9 Å². The average molecular weight is 429 g/mol. The van der Waals surface area contributed by atoms with E-state index < -0.39 is 0 Å². The van der Waals surface area contributed by atoms with Gasteiger partial charge in [-0.15, -0.1) is 11.3 Å². The van der Waals surface area contributed by atoms with Gasteiger partial charge in [0.2, 0.25) is 0 Å². The van der Waals surface area contributed by atoms with Gasteiger partial charge in [-0.2, -0.15) is 0 Å². The van der Waals surface area contributed by atoms with Gasteiger partial charge in [0.1, 0.15) is 5.82 Å². The number of aryl methyl sites for hydroxylation is 1. The van der Waals surface area contributed by atoms with Crippen molar-refractivity contribution in [1.29, 1.82) is 0 Å². The summed E-state index contributed by atoms with van der Waals surface area (Å²) in [5.41, 5.74) is 6.55. The largest absolute Gasteiger partial charge is 0.233 e. The van der Waals surface area contributed by atoms with Gasteiger partial charge in [0.15, 0.2) is 0 Å². The number of rotatable bonds is 3. The quantitative estimate of drug-likeness (QED) is 0.284. The fraction of sp³-hybridized carbons (Fsp3) is 0.0345. The second kappa shape index (κ2) is 7.70. The zero-order chi connectivity index (χ0) is 21.5. The highest BCUT2D eigenvalue weighted by Gasteiger charge is 2.09. The molecule has 0 spiro atoms. The summed E-state index contributed by atoms with van der Waals surface area (Å²) in [6.45, 7) is 1.95. The Bertz CT molecular complexity index is 1560. The van der Waals surface area contributed by atoms with Crippen molar-refractivity contribution in [1.82, 2.24) is 9.97 Å². The monoisotopic (exact) mass is 428 g/mol. The Balaban J connectivity index is 1.36. The molecule has 152 valence electrons. The molecule has 32 heavy (non-hydrogen) atoms. The third kappa shape index (κ3) is 3.37. The maximum Gasteiger partial charge on any atom is 0.126 e. The molecular weight excluding hydrogens is 408 g/mol. The normalized spacial score (nSPS) is 11.3. The molecule has 0 atom stereocenters. The van der Waals surface area contributed by atoms with Crippen LogP contribution in [0, 0.1) is 6.92 Å². The SMILES string of the molecule is Cc1nc(-c2ccccc2)cc(-c2ccc(-c3ccc4c(c3)sc3ccccc34)cc2)n1. The van der Waals surface area contributed by atoms with Crippen LogP contribution in [0.4, 0.5) is 0 Å². The number of hydrogen-bond acceptors (Lipinski definition) is 3. The molecule has 2 nitrogen and oxygen atoms in total. The first-order chi connectivity index (χ1) is 15.7. The topological polar surface area (TPSA) is 25.8 Å². The zero-order valence-electron chi connectivity index (χ0n) is 17.6. The Hall–Kier alpha value is -3.82. The lowest BCUT2D eigenvalue weighted by atomic mass is 10.0. The van der Waals surface area contributed by atoms with Crippen molar-refractivity contribution in [2.75, 3.05) is 0 Å². The van der Waals surface area contributed by atoms with Crippen LogP contribution in [0.2, 0.25) is 0 Å². The van der Waals surface area contributed by atoms with Gasteiger partial charge in [-0.3, -0.25) is 0 Å². The molecule has 0 radical (unpaired) electrons. The van der Waals surface area contributed by atoms with Gasteiger partial charge in [0, 0.05) is 31.3 Å². The van der Waals surface area contributed by atoms with Crippen molar-refractivity contribution in [2.24, 2.45) is 0 Å². The molecule has 0 unspecified atom stereocenters. The van der Waals surface area contributed by atoms with E-state index in [2.05, 4.69) is 94.9 Å². The van der Waals surface area contributed by atoms with Crippen LogP contribution >= 0.6 is 11.3 Å². The van der Waals surface area contributed by atoms with Crippen LogP contribution in [-0.2, 0) is 0 Å². The van der Waals surface area contributed by atoms with E-state index in [0.29, 0.717) is 0 Å². The first kappa shape index (κ1) is 18.9. The van der Waals surface area contributed by atoms with Crippen LogP contribution in [0.3, 0.4) is 0 Å². The van der Waals surface area contributed by atoms with Gasteiger partial charge in [-0.05, 0) is 36.2 Å². The van der Waals surface area contributed by atoms with E-state index in [1.54, 1.807) is 0 Å². The molecule has 0 fully saturated rings. The lowest BCUT2D eigenvalue weighted by molar-refractivity contribution is 1.06. The Morgan fingerprint density at radius 3 is 1.88 bits per heavy atom. The Labute approximate surface area is 190 Å². The molecule has 6 rings (SSSR count). The summed E-state index contributed by atoms with van der Waals surface area (Å²) < 4.78 is 2.66. The highest BCUT2D eigenvalue weighted by atomic mass is 32.1. The minimum atomic E-state index is 0.778. The molecule has 2 aromatic heterocycles. The second-order valence-electron chi connectivity index (χ2n) is 7.94. The summed E-state index contributed by atoms with van der Waals surface area (Å²) in [5, 5.41) is 2.67. The van der Waals surface area contributed by atoms with E-state index in [9.17, 15) is 0 Å². The van der Waals surface area contributed by atoms with E-state index in [4.69, 9.17) is 0 Å². The maximum atomic E-state index is 4.69. The van der Waals surface area contributed by atoms with Crippen molar-refractivity contribution in [2.45, 2.75) is 6.92 Å². The van der Waals surface area contributed by atoms with Crippen molar-refractivity contribution in [3.8, 4) is 33.6 Å². The van der Waals surface area contributed by atoms with Crippen LogP contribution in [0.25, 0.3) is 53.8 Å². The fourth-order valence-corrected chi connectivity index (χ4v) is 5.36. The lowest BCUT2D eigenvalue weighted by Crippen LogP contribution is -1.94. The molecule has 0 aliphatic rings. The predicted molar refractivity (Wildman–Crippen MR) is 136 cm³/mol. The second-order valence-corrected chi connectivity index (χ2v) is 9.02. The summed E-state index contributed by atoms with van der Waals surface area (Å²) in [7, 11) is 0. The number of nitrogens with zero attached hydrogens (tertiary/aromatic N) is 2. The Kier molecular flexibility index (Phi) is 4.55. The number of thiophene rings is 1. The van der Waals surface area contributed by atoms with Crippen LogP contribution in [0.1, 0.15) is 5.82 Å². The zero-order valence-corrected chi connectivity index (χ0v) is 18.4. The van der Waals surface area contributed by atoms with E-state index in [1.165, 1.54) is 31.3 Å². The van der Waals surface area contributed by atoms with Crippen molar-refractivity contribution < 1.29 is 0 Å². The summed E-state index contributed by atoms with van der Waals surface area (Å²) in [6.07, 6.45) is 0. The standard InChI is InChI=1S/C29H20N2S/c1-19-30-26(21-7-3-2-4-8-21)18-27(31-19)22-13-11-20(12-14-22)23-15-16-25-24-9-5-6-10-28(24)32-29(25)17-23/h2-18H,1H3. The Morgan fingerprint density at radius 1 is 0.500 bits per heavy atom. The molecule has 4 aromatic carbocycles. The van der Waals surface area contributed by atoms with Gasteiger partial charge in [-0.25, -0.2) is 9.97 Å². The molecule has 0 amide bonds. The third-order valence-electron chi connectivity index (χ3n) is 5.80. The molecule has 0 saturated heterocycles. The fourth-order valence-electron chi connectivity index (χ4n) is 4.21. The summed E-state index contributed by atoms with van der Waals surface area (Å²) in [4.78, 5) is 9.32. The summed E-state index contributed by atoms with van der Waals surface area (Å²) >= 11 is 1.85. The highest BCUT2D eigenvalue weighted by Crippen LogP contribution is 2.36. The minimum Gasteiger partial charge on any atom is -0.233 e. The van der Waals surface area contributed by atoms with Gasteiger partial charge < -0.3 is 0 Å². The first-order valence-corrected chi connectivity index (χ1v) is 11.5. The smallest absolute Gasteiger partial charge is 0.126 e. The lowest BCUT2D eigenvalue weighted by Gasteiger charge is -2.08. The summed E-state index contributed by atoms with van der Waals surface area (Å²) in [6, 6.07) is 36.4. The number of aromatic nitrogens is 2. The molecular formula is C29H20N2S. The number of fused-ring (bicyclic) bond motifs is 3. The van der Waals surface area contributed by atoms with E-state index in [1.807, 2.05) is 36.5 Å². The van der Waals surface area contributed by atoms with Crippen LogP contribution in [-0.4, -0.2) is 9.97 Å². The molecule has 6 aromatic rings. The van der Waals surface area contributed by atoms with Gasteiger partial charge in [0.05, 0.1) is 11.4 Å². The summed E-state index contributed by atoms with van der Waals surface area (Å²) in [5.74, 6) is 0.778. The Morgan fingerprint density at radius 2 is 1.09 bits per heavy atom. The number of hydrogen-bond donors (Lipinski definition) is 0. The first-order valence-electron chi connectivity index (χ1n) is 10.7. The van der Waals surface area contributed by atoms with E-state index >= 15 is 0 Å². The van der Waals surface area contributed by atoms with Gasteiger partial charge in [0.25, 0.3) is 0 Å². The van der Waals surface area contributed by atoms with Crippen LogP contribution in [0.5, 0.6) is 0 Å². The van der Waals surface area contributed by atoms with Crippen molar-refractivity contribution >= 4 is 31.5 Å². The van der Waals surface area contributed by atoms with E-state index in [-0.39, 0.29) is 0 Å². The van der Waals surface area contributed by atoms with Crippen LogP contribution in [0.15, 0.2) is 103 Å². The van der Waals surface area contributed by atoms with Crippen molar-refractivity contribution in [3.63, 3.8) is 0 Å². The minimum absolute atomic E-state index is 0.778. The molecule has 0 aliphatic carbocycles. The highest BCUT2D eigenvalue weighted by molar-refractivity contribution is 7.25. The predicted octanol–water partition coefficient (Wildman–Crippen LogP) is 8.15. The molecule has 0 saturated carbocycles. The molecule has 0 bridgehead atoms. The molecule has 2 heterocycles.